The molecule has 1 fully saturated rings. The summed E-state index contributed by atoms with van der Waals surface area (Å²) in [4.78, 5) is 14.1. The van der Waals surface area contributed by atoms with E-state index in [0.29, 0.717) is 5.56 Å². The number of esters is 1. The van der Waals surface area contributed by atoms with Gasteiger partial charge < -0.3 is 14.7 Å². The zero-order valence-electron chi connectivity index (χ0n) is 10.8. The fourth-order valence-electron chi connectivity index (χ4n) is 2.14. The number of ether oxygens (including phenoxy) is 1. The van der Waals surface area contributed by atoms with E-state index in [1.807, 2.05) is 13.1 Å². The van der Waals surface area contributed by atoms with Crippen molar-refractivity contribution in [2.75, 3.05) is 20.1 Å². The molecule has 0 aliphatic carbocycles. The molecule has 98 valence electrons. The van der Waals surface area contributed by atoms with Crippen LogP contribution in [0.15, 0.2) is 30.3 Å². The van der Waals surface area contributed by atoms with Crippen LogP contribution in [0, 0.1) is 0 Å². The Kier molecular flexibility index (Phi) is 3.68. The predicted octanol–water partition coefficient (Wildman–Crippen LogP) is 1.14. The monoisotopic (exact) mass is 249 g/mol. The van der Waals surface area contributed by atoms with Crippen molar-refractivity contribution in [3.8, 4) is 0 Å². The van der Waals surface area contributed by atoms with E-state index in [1.54, 1.807) is 24.3 Å². The summed E-state index contributed by atoms with van der Waals surface area (Å²) >= 11 is 0. The molecule has 1 saturated heterocycles. The highest BCUT2D eigenvalue weighted by Crippen LogP contribution is 2.23. The van der Waals surface area contributed by atoms with E-state index < -0.39 is 11.6 Å². The molecule has 0 amide bonds. The smallest absolute Gasteiger partial charge is 0.342 e. The Morgan fingerprint density at radius 3 is 2.67 bits per heavy atom. The van der Waals surface area contributed by atoms with Gasteiger partial charge in [-0.3, -0.25) is 0 Å². The molecule has 2 rings (SSSR count). The van der Waals surface area contributed by atoms with E-state index in [4.69, 9.17) is 4.74 Å². The van der Waals surface area contributed by atoms with E-state index in [0.717, 1.165) is 19.5 Å². The normalized spacial score (nSPS) is 23.6. The molecule has 18 heavy (non-hydrogen) atoms. The van der Waals surface area contributed by atoms with Crippen molar-refractivity contribution in [3.05, 3.63) is 35.9 Å². The summed E-state index contributed by atoms with van der Waals surface area (Å²) in [6.45, 7) is 3.13. The SMILES string of the molecule is CN1CC[C@@H](OC(=O)C(C)(O)c2ccccc2)C1. The van der Waals surface area contributed by atoms with Crippen LogP contribution < -0.4 is 0 Å². The average Bonchev–Trinajstić information content (AvgIpc) is 2.76. The number of hydrogen-bond acceptors (Lipinski definition) is 4. The molecule has 4 heteroatoms. The Morgan fingerprint density at radius 1 is 1.44 bits per heavy atom. The lowest BCUT2D eigenvalue weighted by atomic mass is 9.96. The second-order valence-electron chi connectivity index (χ2n) is 5.02. The first-order chi connectivity index (χ1) is 8.50. The zero-order valence-corrected chi connectivity index (χ0v) is 10.8. The molecule has 1 aliphatic heterocycles. The summed E-state index contributed by atoms with van der Waals surface area (Å²) in [6, 6.07) is 8.88. The van der Waals surface area contributed by atoms with Crippen LogP contribution in [0.4, 0.5) is 0 Å². The van der Waals surface area contributed by atoms with Gasteiger partial charge in [-0.25, -0.2) is 4.79 Å². The molecule has 0 bridgehead atoms. The average molecular weight is 249 g/mol. The highest BCUT2D eigenvalue weighted by molar-refractivity contribution is 5.80. The molecule has 0 aromatic heterocycles. The van der Waals surface area contributed by atoms with Crippen LogP contribution in [0.5, 0.6) is 0 Å². The lowest BCUT2D eigenvalue weighted by Gasteiger charge is -2.24. The van der Waals surface area contributed by atoms with Crippen LogP contribution >= 0.6 is 0 Å². The lowest BCUT2D eigenvalue weighted by Crippen LogP contribution is -2.37. The summed E-state index contributed by atoms with van der Waals surface area (Å²) in [5.41, 5.74) is -1.02. The van der Waals surface area contributed by atoms with Crippen molar-refractivity contribution in [1.82, 2.24) is 4.90 Å². The molecule has 1 aliphatic rings. The first kappa shape index (κ1) is 13.1. The largest absolute Gasteiger partial charge is 0.459 e. The Morgan fingerprint density at radius 2 is 2.11 bits per heavy atom. The summed E-state index contributed by atoms with van der Waals surface area (Å²) in [7, 11) is 1.99. The molecular formula is C14H19NO3. The minimum atomic E-state index is -1.58. The number of rotatable bonds is 3. The number of carbonyl (C=O) groups is 1. The number of likely N-dealkylation sites (tertiary alicyclic amines) is 1. The number of aliphatic hydroxyl groups is 1. The first-order valence-electron chi connectivity index (χ1n) is 6.17. The third-order valence-electron chi connectivity index (χ3n) is 3.36. The van der Waals surface area contributed by atoms with Gasteiger partial charge in [0.1, 0.15) is 6.10 Å². The third kappa shape index (κ3) is 2.71. The summed E-state index contributed by atoms with van der Waals surface area (Å²) in [5, 5.41) is 10.3. The van der Waals surface area contributed by atoms with Gasteiger partial charge in [-0.05, 0) is 26.0 Å². The van der Waals surface area contributed by atoms with Crippen molar-refractivity contribution in [3.63, 3.8) is 0 Å². The molecule has 1 unspecified atom stereocenters. The van der Waals surface area contributed by atoms with Crippen molar-refractivity contribution in [1.29, 1.82) is 0 Å². The zero-order chi connectivity index (χ0) is 13.2. The molecule has 0 radical (unpaired) electrons. The predicted molar refractivity (Wildman–Crippen MR) is 68.0 cm³/mol. The molecule has 1 aromatic carbocycles. The van der Waals surface area contributed by atoms with Gasteiger partial charge >= 0.3 is 5.97 Å². The minimum absolute atomic E-state index is 0.113. The van der Waals surface area contributed by atoms with Gasteiger partial charge in [0, 0.05) is 13.1 Å². The Balaban J connectivity index is 2.04. The fraction of sp³-hybridized carbons (Fsp3) is 0.500. The lowest BCUT2D eigenvalue weighted by molar-refractivity contribution is -0.169. The maximum absolute atomic E-state index is 12.0. The van der Waals surface area contributed by atoms with Gasteiger partial charge in [-0.1, -0.05) is 30.3 Å². The fourth-order valence-corrected chi connectivity index (χ4v) is 2.14. The molecule has 1 heterocycles. The minimum Gasteiger partial charge on any atom is -0.459 e. The van der Waals surface area contributed by atoms with E-state index in [2.05, 4.69) is 4.90 Å². The number of benzene rings is 1. The van der Waals surface area contributed by atoms with Gasteiger partial charge in [0.05, 0.1) is 0 Å². The van der Waals surface area contributed by atoms with Gasteiger partial charge in [0.25, 0.3) is 0 Å². The van der Waals surface area contributed by atoms with Gasteiger partial charge in [0.2, 0.25) is 0 Å². The quantitative estimate of drug-likeness (QED) is 0.816. The van der Waals surface area contributed by atoms with E-state index in [-0.39, 0.29) is 6.10 Å². The van der Waals surface area contributed by atoms with Crippen LogP contribution in [-0.2, 0) is 15.1 Å². The topological polar surface area (TPSA) is 49.8 Å². The summed E-state index contributed by atoms with van der Waals surface area (Å²) in [5.74, 6) is -0.575. The summed E-state index contributed by atoms with van der Waals surface area (Å²) in [6.07, 6.45) is 0.713. The number of carbonyl (C=O) groups excluding carboxylic acids is 1. The van der Waals surface area contributed by atoms with Crippen LogP contribution in [-0.4, -0.2) is 42.2 Å². The van der Waals surface area contributed by atoms with Gasteiger partial charge in [0.15, 0.2) is 5.60 Å². The van der Waals surface area contributed by atoms with Gasteiger partial charge in [-0.2, -0.15) is 0 Å². The number of nitrogens with zero attached hydrogens (tertiary/aromatic N) is 1. The maximum Gasteiger partial charge on any atom is 0.342 e. The van der Waals surface area contributed by atoms with Crippen molar-refractivity contribution >= 4 is 5.97 Å². The number of likely N-dealkylation sites (N-methyl/N-ethyl adjacent to an activating group) is 1. The van der Waals surface area contributed by atoms with E-state index >= 15 is 0 Å². The molecule has 0 saturated carbocycles. The van der Waals surface area contributed by atoms with Crippen LogP contribution in [0.2, 0.25) is 0 Å². The van der Waals surface area contributed by atoms with Crippen LogP contribution in [0.25, 0.3) is 0 Å². The van der Waals surface area contributed by atoms with Crippen LogP contribution in [0.3, 0.4) is 0 Å². The molecule has 4 nitrogen and oxygen atoms in total. The van der Waals surface area contributed by atoms with E-state index in [1.165, 1.54) is 6.92 Å². The third-order valence-corrected chi connectivity index (χ3v) is 3.36. The Hall–Kier alpha value is -1.39. The highest BCUT2D eigenvalue weighted by Gasteiger charge is 2.36. The molecule has 1 aromatic rings. The highest BCUT2D eigenvalue weighted by atomic mass is 16.6. The second kappa shape index (κ2) is 5.08. The van der Waals surface area contributed by atoms with Crippen molar-refractivity contribution in [2.24, 2.45) is 0 Å². The standard InChI is InChI=1S/C14H19NO3/c1-14(17,11-6-4-3-5-7-11)13(16)18-12-8-9-15(2)10-12/h3-7,12,17H,8-10H2,1-2H3/t12-,14?/m1/s1. The van der Waals surface area contributed by atoms with Crippen molar-refractivity contribution in [2.45, 2.75) is 25.0 Å². The van der Waals surface area contributed by atoms with Crippen molar-refractivity contribution < 1.29 is 14.6 Å². The maximum atomic E-state index is 12.0. The molecule has 2 atom stereocenters. The summed E-state index contributed by atoms with van der Waals surface area (Å²) < 4.78 is 5.37. The van der Waals surface area contributed by atoms with Crippen LogP contribution in [0.1, 0.15) is 18.9 Å². The first-order valence-corrected chi connectivity index (χ1v) is 6.17. The molecule has 0 spiro atoms. The Bertz CT molecular complexity index is 416. The molecular weight excluding hydrogens is 230 g/mol. The second-order valence-corrected chi connectivity index (χ2v) is 5.02. The van der Waals surface area contributed by atoms with Gasteiger partial charge in [-0.15, -0.1) is 0 Å². The number of hydrogen-bond donors (Lipinski definition) is 1. The van der Waals surface area contributed by atoms with E-state index in [9.17, 15) is 9.90 Å². The Labute approximate surface area is 107 Å². The molecule has 1 N–H and O–H groups in total.